The summed E-state index contributed by atoms with van der Waals surface area (Å²) in [7, 11) is 0. The number of nitrogens with one attached hydrogen (secondary N) is 1. The van der Waals surface area contributed by atoms with Crippen LogP contribution in [0.4, 0.5) is 0 Å². The molecule has 0 saturated heterocycles. The summed E-state index contributed by atoms with van der Waals surface area (Å²) in [5, 5.41) is 13.6. The van der Waals surface area contributed by atoms with Crippen molar-refractivity contribution in [3.05, 3.63) is 28.2 Å². The summed E-state index contributed by atoms with van der Waals surface area (Å²) in [4.78, 5) is 0. The average molecular weight is 340 g/mol. The molecule has 3 atom stereocenters. The number of rotatable bonds is 4. The Hall–Kier alpha value is -0.540. The predicted octanol–water partition coefficient (Wildman–Crippen LogP) is 4.71. The van der Waals surface area contributed by atoms with Crippen LogP contribution in [-0.4, -0.2) is 11.1 Å². The maximum absolute atomic E-state index is 9.93. The van der Waals surface area contributed by atoms with Gasteiger partial charge in [0.05, 0.1) is 0 Å². The van der Waals surface area contributed by atoms with Crippen LogP contribution in [0.25, 0.3) is 0 Å². The second-order valence-electron chi connectivity index (χ2n) is 6.59. The second kappa shape index (κ2) is 6.95. The van der Waals surface area contributed by atoms with Crippen molar-refractivity contribution in [1.82, 2.24) is 5.32 Å². The summed E-state index contributed by atoms with van der Waals surface area (Å²) in [6.07, 6.45) is 3.92. The van der Waals surface area contributed by atoms with Gasteiger partial charge in [0.2, 0.25) is 0 Å². The van der Waals surface area contributed by atoms with Crippen LogP contribution in [0.3, 0.4) is 0 Å². The van der Waals surface area contributed by atoms with Gasteiger partial charge in [0.15, 0.2) is 0 Å². The summed E-state index contributed by atoms with van der Waals surface area (Å²) in [6.45, 7) is 7.74. The summed E-state index contributed by atoms with van der Waals surface area (Å²) >= 11 is 3.47. The van der Waals surface area contributed by atoms with E-state index in [1.807, 2.05) is 12.1 Å². The van der Waals surface area contributed by atoms with Crippen LogP contribution in [0.1, 0.15) is 45.6 Å². The van der Waals surface area contributed by atoms with Crippen molar-refractivity contribution in [2.45, 2.75) is 52.6 Å². The van der Waals surface area contributed by atoms with E-state index < -0.39 is 0 Å². The molecule has 3 heteroatoms. The number of phenols is 1. The standard InChI is InChI=1S/C17H26BrNO/c1-11(2)15-6-4-12(3)8-16(15)19-10-13-9-14(18)5-7-17(13)20/h5,7,9,11-12,15-16,19-20H,4,6,8,10H2,1-3H3. The highest BCUT2D eigenvalue weighted by atomic mass is 79.9. The summed E-state index contributed by atoms with van der Waals surface area (Å²) in [5.74, 6) is 2.65. The highest BCUT2D eigenvalue weighted by Crippen LogP contribution is 2.34. The van der Waals surface area contributed by atoms with Crippen LogP contribution in [0, 0.1) is 17.8 Å². The van der Waals surface area contributed by atoms with Crippen molar-refractivity contribution >= 4 is 15.9 Å². The molecule has 0 amide bonds. The minimum Gasteiger partial charge on any atom is -0.508 e. The zero-order valence-electron chi connectivity index (χ0n) is 12.7. The largest absolute Gasteiger partial charge is 0.508 e. The van der Waals surface area contributed by atoms with Gasteiger partial charge >= 0.3 is 0 Å². The Labute approximate surface area is 131 Å². The Morgan fingerprint density at radius 3 is 2.80 bits per heavy atom. The normalized spacial score (nSPS) is 26.9. The maximum Gasteiger partial charge on any atom is 0.120 e. The van der Waals surface area contributed by atoms with Crippen LogP contribution in [0.2, 0.25) is 0 Å². The minimum absolute atomic E-state index is 0.380. The van der Waals surface area contributed by atoms with E-state index in [-0.39, 0.29) is 0 Å². The van der Waals surface area contributed by atoms with E-state index in [0.29, 0.717) is 11.8 Å². The molecule has 1 aromatic rings. The fraction of sp³-hybridized carbons (Fsp3) is 0.647. The molecule has 0 radical (unpaired) electrons. The summed E-state index contributed by atoms with van der Waals surface area (Å²) < 4.78 is 1.02. The van der Waals surface area contributed by atoms with Crippen molar-refractivity contribution in [3.8, 4) is 5.75 Å². The van der Waals surface area contributed by atoms with E-state index >= 15 is 0 Å². The van der Waals surface area contributed by atoms with E-state index in [2.05, 4.69) is 42.0 Å². The van der Waals surface area contributed by atoms with Gasteiger partial charge in [-0.05, 0) is 48.8 Å². The van der Waals surface area contributed by atoms with Crippen LogP contribution in [0.15, 0.2) is 22.7 Å². The molecule has 20 heavy (non-hydrogen) atoms. The van der Waals surface area contributed by atoms with Crippen LogP contribution < -0.4 is 5.32 Å². The number of halogens is 1. The summed E-state index contributed by atoms with van der Waals surface area (Å²) in [5.41, 5.74) is 0.972. The van der Waals surface area contributed by atoms with Crippen molar-refractivity contribution in [3.63, 3.8) is 0 Å². The first kappa shape index (κ1) is 15.8. The van der Waals surface area contributed by atoms with Crippen molar-refractivity contribution in [1.29, 1.82) is 0 Å². The van der Waals surface area contributed by atoms with Crippen molar-refractivity contribution in [2.24, 2.45) is 17.8 Å². The van der Waals surface area contributed by atoms with E-state index in [0.717, 1.165) is 34.3 Å². The van der Waals surface area contributed by atoms with E-state index in [4.69, 9.17) is 0 Å². The van der Waals surface area contributed by atoms with Gasteiger partial charge in [0.1, 0.15) is 5.75 Å². The second-order valence-corrected chi connectivity index (χ2v) is 7.50. The number of benzene rings is 1. The van der Waals surface area contributed by atoms with Gasteiger partial charge in [0.25, 0.3) is 0 Å². The van der Waals surface area contributed by atoms with Crippen molar-refractivity contribution < 1.29 is 5.11 Å². The van der Waals surface area contributed by atoms with Crippen LogP contribution in [0.5, 0.6) is 5.75 Å². The molecule has 3 unspecified atom stereocenters. The lowest BCUT2D eigenvalue weighted by Gasteiger charge is -2.38. The van der Waals surface area contributed by atoms with Gasteiger partial charge in [-0.25, -0.2) is 0 Å². The molecule has 1 aromatic carbocycles. The number of phenolic OH excluding ortho intramolecular Hbond substituents is 1. The average Bonchev–Trinajstić information content (AvgIpc) is 2.39. The van der Waals surface area contributed by atoms with Crippen LogP contribution in [-0.2, 0) is 6.54 Å². The first-order chi connectivity index (χ1) is 9.47. The Morgan fingerprint density at radius 2 is 2.10 bits per heavy atom. The third-order valence-electron chi connectivity index (χ3n) is 4.62. The number of hydrogen-bond donors (Lipinski definition) is 2. The molecule has 0 aromatic heterocycles. The quantitative estimate of drug-likeness (QED) is 0.832. The lowest BCUT2D eigenvalue weighted by atomic mass is 9.74. The Kier molecular flexibility index (Phi) is 5.50. The molecule has 1 saturated carbocycles. The number of aromatic hydroxyl groups is 1. The van der Waals surface area contributed by atoms with E-state index in [9.17, 15) is 5.11 Å². The lowest BCUT2D eigenvalue weighted by Crippen LogP contribution is -2.42. The molecule has 0 bridgehead atoms. The van der Waals surface area contributed by atoms with Gasteiger partial charge in [0, 0.05) is 22.6 Å². The maximum atomic E-state index is 9.93. The molecular formula is C17H26BrNO. The minimum atomic E-state index is 0.380. The zero-order chi connectivity index (χ0) is 14.7. The SMILES string of the molecule is CC1CCC(C(C)C)C(NCc2cc(Br)ccc2O)C1. The monoisotopic (exact) mass is 339 g/mol. The molecule has 1 aliphatic carbocycles. The third-order valence-corrected chi connectivity index (χ3v) is 5.11. The van der Waals surface area contributed by atoms with Gasteiger partial charge in [-0.3, -0.25) is 0 Å². The van der Waals surface area contributed by atoms with Gasteiger partial charge in [-0.15, -0.1) is 0 Å². The smallest absolute Gasteiger partial charge is 0.120 e. The highest BCUT2D eigenvalue weighted by molar-refractivity contribution is 9.10. The van der Waals surface area contributed by atoms with Gasteiger partial charge in [-0.2, -0.15) is 0 Å². The number of hydrogen-bond acceptors (Lipinski definition) is 2. The Bertz CT molecular complexity index is 447. The molecule has 2 nitrogen and oxygen atoms in total. The molecule has 2 rings (SSSR count). The van der Waals surface area contributed by atoms with E-state index in [1.165, 1.54) is 19.3 Å². The Balaban J connectivity index is 2.01. The van der Waals surface area contributed by atoms with Crippen LogP contribution >= 0.6 is 15.9 Å². The fourth-order valence-electron chi connectivity index (χ4n) is 3.37. The molecule has 112 valence electrons. The Morgan fingerprint density at radius 1 is 1.35 bits per heavy atom. The summed E-state index contributed by atoms with van der Waals surface area (Å²) in [6, 6.07) is 6.19. The lowest BCUT2D eigenvalue weighted by molar-refractivity contribution is 0.169. The third kappa shape index (κ3) is 3.98. The molecule has 0 heterocycles. The molecule has 1 fully saturated rings. The van der Waals surface area contributed by atoms with Gasteiger partial charge < -0.3 is 10.4 Å². The fourth-order valence-corrected chi connectivity index (χ4v) is 3.78. The topological polar surface area (TPSA) is 32.3 Å². The molecule has 0 spiro atoms. The molecule has 2 N–H and O–H groups in total. The van der Waals surface area contributed by atoms with Crippen molar-refractivity contribution in [2.75, 3.05) is 0 Å². The molecule has 1 aliphatic rings. The molecular weight excluding hydrogens is 314 g/mol. The zero-order valence-corrected chi connectivity index (χ0v) is 14.3. The van der Waals surface area contributed by atoms with E-state index in [1.54, 1.807) is 6.07 Å². The first-order valence-electron chi connectivity index (χ1n) is 7.68. The molecule has 0 aliphatic heterocycles. The highest BCUT2D eigenvalue weighted by Gasteiger charge is 2.30. The van der Waals surface area contributed by atoms with Gasteiger partial charge in [-0.1, -0.05) is 43.1 Å². The first-order valence-corrected chi connectivity index (χ1v) is 8.47. The predicted molar refractivity (Wildman–Crippen MR) is 87.8 cm³/mol.